The standard InChI is InChI=1S/C30H47N7O4/c31-16-6-5-11-24(27(34)38)35-29(40)25(21-9-3-1-4-10-21)36-28(39)23(30(41)37-17-7-2-8-18-37)19-20-12-14-22(15-13-20)26(32)33/h12-15,21,23-25H,1-11,16-19,31H2,(H3,32,33)(H2,34,38)(H,35,40)(H,36,39)/t23?,24-,25-/m0/s1. The summed E-state index contributed by atoms with van der Waals surface area (Å²) in [6.45, 7) is 1.67. The van der Waals surface area contributed by atoms with Crippen molar-refractivity contribution in [2.24, 2.45) is 29.0 Å². The molecule has 1 aliphatic heterocycles. The second-order valence-corrected chi connectivity index (χ2v) is 11.4. The molecule has 1 unspecified atom stereocenters. The van der Waals surface area contributed by atoms with Crippen LogP contribution < -0.4 is 27.8 Å². The number of unbranched alkanes of at least 4 members (excludes halogenated alkanes) is 1. The zero-order valence-electron chi connectivity index (χ0n) is 24.0. The molecule has 11 heteroatoms. The average Bonchev–Trinajstić information content (AvgIpc) is 2.98. The molecule has 1 aliphatic carbocycles. The van der Waals surface area contributed by atoms with E-state index in [0.717, 1.165) is 56.9 Å². The first-order valence-electron chi connectivity index (χ1n) is 15.0. The van der Waals surface area contributed by atoms with E-state index in [9.17, 15) is 19.2 Å². The molecule has 1 aromatic carbocycles. The molecule has 2 aliphatic rings. The number of hydrogen-bond donors (Lipinski definition) is 6. The zero-order chi connectivity index (χ0) is 29.8. The topological polar surface area (TPSA) is 197 Å². The van der Waals surface area contributed by atoms with Gasteiger partial charge in [0.05, 0.1) is 0 Å². The molecule has 2 fully saturated rings. The Morgan fingerprint density at radius 3 is 2.10 bits per heavy atom. The van der Waals surface area contributed by atoms with E-state index in [1.54, 1.807) is 29.2 Å². The lowest BCUT2D eigenvalue weighted by Crippen LogP contribution is -2.57. The fraction of sp³-hybridized carbons (Fsp3) is 0.633. The molecule has 9 N–H and O–H groups in total. The second-order valence-electron chi connectivity index (χ2n) is 11.4. The average molecular weight is 570 g/mol. The van der Waals surface area contributed by atoms with Crippen LogP contribution in [0, 0.1) is 17.2 Å². The molecule has 1 aromatic rings. The number of nitrogens with one attached hydrogen (secondary N) is 3. The van der Waals surface area contributed by atoms with E-state index in [-0.39, 0.29) is 24.1 Å². The first-order chi connectivity index (χ1) is 19.7. The Bertz CT molecular complexity index is 1050. The van der Waals surface area contributed by atoms with Crippen LogP contribution in [0.1, 0.15) is 81.8 Å². The van der Waals surface area contributed by atoms with E-state index >= 15 is 0 Å². The normalized spacial score (nSPS) is 18.1. The molecule has 4 amide bonds. The van der Waals surface area contributed by atoms with Crippen molar-refractivity contribution in [1.29, 1.82) is 5.41 Å². The van der Waals surface area contributed by atoms with E-state index in [1.165, 1.54) is 0 Å². The van der Waals surface area contributed by atoms with Gasteiger partial charge in [-0.25, -0.2) is 0 Å². The molecule has 0 spiro atoms. The Labute approximate surface area is 242 Å². The number of nitrogens with two attached hydrogens (primary N) is 3. The maximum Gasteiger partial charge on any atom is 0.243 e. The lowest BCUT2D eigenvalue weighted by atomic mass is 9.83. The molecule has 226 valence electrons. The first kappa shape index (κ1) is 32.0. The smallest absolute Gasteiger partial charge is 0.243 e. The van der Waals surface area contributed by atoms with Gasteiger partial charge in [-0.05, 0) is 75.8 Å². The highest BCUT2D eigenvalue weighted by Gasteiger charge is 2.37. The van der Waals surface area contributed by atoms with Crippen LogP contribution in [-0.2, 0) is 25.6 Å². The second kappa shape index (κ2) is 16.1. The maximum absolute atomic E-state index is 13.9. The number of amides is 4. The Kier molecular flexibility index (Phi) is 12.6. The Morgan fingerprint density at radius 2 is 1.51 bits per heavy atom. The summed E-state index contributed by atoms with van der Waals surface area (Å²) in [6, 6.07) is 5.20. The Balaban J connectivity index is 1.83. The van der Waals surface area contributed by atoms with Crippen LogP contribution in [-0.4, -0.2) is 66.1 Å². The summed E-state index contributed by atoms with van der Waals surface area (Å²) in [4.78, 5) is 55.0. The van der Waals surface area contributed by atoms with Gasteiger partial charge in [-0.15, -0.1) is 0 Å². The quantitative estimate of drug-likeness (QED) is 0.0844. The summed E-state index contributed by atoms with van der Waals surface area (Å²) >= 11 is 0. The number of nitrogens with zero attached hydrogens (tertiary/aromatic N) is 1. The monoisotopic (exact) mass is 569 g/mol. The van der Waals surface area contributed by atoms with E-state index in [0.29, 0.717) is 44.5 Å². The highest BCUT2D eigenvalue weighted by Crippen LogP contribution is 2.27. The molecule has 1 saturated carbocycles. The van der Waals surface area contributed by atoms with E-state index in [4.69, 9.17) is 22.6 Å². The third kappa shape index (κ3) is 9.55. The summed E-state index contributed by atoms with van der Waals surface area (Å²) in [5.41, 5.74) is 18.1. The van der Waals surface area contributed by atoms with Gasteiger partial charge in [0, 0.05) is 18.7 Å². The van der Waals surface area contributed by atoms with Crippen LogP contribution in [0.5, 0.6) is 0 Å². The highest BCUT2D eigenvalue weighted by atomic mass is 16.2. The molecule has 0 radical (unpaired) electrons. The highest BCUT2D eigenvalue weighted by molar-refractivity contribution is 6.02. The van der Waals surface area contributed by atoms with Crippen molar-refractivity contribution in [3.05, 3.63) is 35.4 Å². The number of benzene rings is 1. The van der Waals surface area contributed by atoms with Gasteiger partial charge in [0.15, 0.2) is 0 Å². The third-order valence-corrected chi connectivity index (χ3v) is 8.30. The summed E-state index contributed by atoms with van der Waals surface area (Å²) in [5.74, 6) is -3.02. The first-order valence-corrected chi connectivity index (χ1v) is 15.0. The number of likely N-dealkylation sites (tertiary alicyclic amines) is 1. The van der Waals surface area contributed by atoms with Crippen LogP contribution in [0.4, 0.5) is 0 Å². The van der Waals surface area contributed by atoms with E-state index in [2.05, 4.69) is 10.6 Å². The molecule has 3 rings (SSSR count). The number of primary amides is 1. The number of rotatable bonds is 14. The number of piperidine rings is 1. The summed E-state index contributed by atoms with van der Waals surface area (Å²) in [7, 11) is 0. The molecule has 1 saturated heterocycles. The van der Waals surface area contributed by atoms with Crippen molar-refractivity contribution in [1.82, 2.24) is 15.5 Å². The van der Waals surface area contributed by atoms with Crippen molar-refractivity contribution >= 4 is 29.5 Å². The maximum atomic E-state index is 13.9. The molecule has 11 nitrogen and oxygen atoms in total. The number of carbonyl (C=O) groups is 4. The molecular formula is C30H47N7O4. The minimum Gasteiger partial charge on any atom is -0.384 e. The van der Waals surface area contributed by atoms with Gasteiger partial charge in [-0.3, -0.25) is 24.6 Å². The summed E-state index contributed by atoms with van der Waals surface area (Å²) < 4.78 is 0. The van der Waals surface area contributed by atoms with Gasteiger partial charge in [-0.1, -0.05) is 43.5 Å². The van der Waals surface area contributed by atoms with E-state index in [1.807, 2.05) is 0 Å². The third-order valence-electron chi connectivity index (χ3n) is 8.30. The van der Waals surface area contributed by atoms with Gasteiger partial charge in [0.1, 0.15) is 23.8 Å². The Hall–Kier alpha value is -3.47. The number of nitrogen functional groups attached to an aromatic ring is 1. The Morgan fingerprint density at radius 1 is 0.878 bits per heavy atom. The molecule has 0 bridgehead atoms. The van der Waals surface area contributed by atoms with Crippen LogP contribution in [0.2, 0.25) is 0 Å². The van der Waals surface area contributed by atoms with Crippen LogP contribution >= 0.6 is 0 Å². The fourth-order valence-corrected chi connectivity index (χ4v) is 5.84. The summed E-state index contributed by atoms with van der Waals surface area (Å²) in [6.07, 6.45) is 9.17. The molecule has 41 heavy (non-hydrogen) atoms. The van der Waals surface area contributed by atoms with Gasteiger partial charge >= 0.3 is 0 Å². The van der Waals surface area contributed by atoms with E-state index < -0.39 is 35.7 Å². The number of amidine groups is 1. The van der Waals surface area contributed by atoms with Crippen molar-refractivity contribution in [2.45, 2.75) is 89.1 Å². The minimum absolute atomic E-state index is 0.0612. The van der Waals surface area contributed by atoms with Gasteiger partial charge in [0.2, 0.25) is 23.6 Å². The predicted octanol–water partition coefficient (Wildman–Crippen LogP) is 1.31. The van der Waals surface area contributed by atoms with Gasteiger partial charge in [0.25, 0.3) is 0 Å². The van der Waals surface area contributed by atoms with Crippen molar-refractivity contribution in [2.75, 3.05) is 19.6 Å². The van der Waals surface area contributed by atoms with Gasteiger partial charge < -0.3 is 32.7 Å². The number of carbonyl (C=O) groups excluding carboxylic acids is 4. The summed E-state index contributed by atoms with van der Waals surface area (Å²) in [5, 5.41) is 13.4. The molecule has 1 heterocycles. The molecular weight excluding hydrogens is 522 g/mol. The minimum atomic E-state index is -1.02. The predicted molar refractivity (Wildman–Crippen MR) is 158 cm³/mol. The fourth-order valence-electron chi connectivity index (χ4n) is 5.84. The lowest BCUT2D eigenvalue weighted by Gasteiger charge is -2.33. The molecule has 3 atom stereocenters. The number of hydrogen-bond acceptors (Lipinski definition) is 6. The lowest BCUT2D eigenvalue weighted by molar-refractivity contribution is -0.144. The van der Waals surface area contributed by atoms with Crippen molar-refractivity contribution < 1.29 is 19.2 Å². The van der Waals surface area contributed by atoms with Crippen molar-refractivity contribution in [3.63, 3.8) is 0 Å². The van der Waals surface area contributed by atoms with Crippen LogP contribution in [0.25, 0.3) is 0 Å². The zero-order valence-corrected chi connectivity index (χ0v) is 24.0. The molecule has 0 aromatic heterocycles. The SMILES string of the molecule is N=C(N)c1ccc(CC(C(=O)N[C@H](C(=O)N[C@@H](CCCCN)C(N)=O)C2CCCCC2)C(=O)N2CCCCC2)cc1. The van der Waals surface area contributed by atoms with Crippen LogP contribution in [0.15, 0.2) is 24.3 Å². The van der Waals surface area contributed by atoms with Gasteiger partial charge in [-0.2, -0.15) is 0 Å². The van der Waals surface area contributed by atoms with Crippen LogP contribution in [0.3, 0.4) is 0 Å². The van der Waals surface area contributed by atoms with Crippen molar-refractivity contribution in [3.8, 4) is 0 Å². The largest absolute Gasteiger partial charge is 0.384 e.